The molecule has 0 saturated carbocycles. The Morgan fingerprint density at radius 2 is 1.69 bits per heavy atom. The maximum atomic E-state index is 12.7. The van der Waals surface area contributed by atoms with Crippen molar-refractivity contribution in [3.63, 3.8) is 0 Å². The minimum atomic E-state index is -0.0645. The number of piperazine rings is 1. The molecule has 1 aromatic heterocycles. The van der Waals surface area contributed by atoms with Crippen LogP contribution in [0.4, 0.5) is 16.3 Å². The molecule has 0 atom stereocenters. The molecule has 0 aliphatic carbocycles. The van der Waals surface area contributed by atoms with Crippen molar-refractivity contribution in [2.45, 2.75) is 26.7 Å². The lowest BCUT2D eigenvalue weighted by atomic mass is 10.0. The van der Waals surface area contributed by atoms with Crippen molar-refractivity contribution < 1.29 is 4.79 Å². The standard InChI is InChI=1S/C25H28ClN5O/c1-3-23-22(17-19-9-11-20(26)12-10-19)24(28-18(2)27-23)30-13-15-31(16-14-30)25(32)29-21-7-5-4-6-8-21/h4-12H,3,13-17H2,1-2H3,(H,29,32). The SMILES string of the molecule is CCc1nc(C)nc(N2CCN(C(=O)Nc3ccccc3)CC2)c1Cc1ccc(Cl)cc1. The number of amides is 2. The third kappa shape index (κ3) is 5.19. The van der Waals surface area contributed by atoms with Gasteiger partial charge >= 0.3 is 6.03 Å². The molecule has 2 heterocycles. The number of urea groups is 1. The first-order valence-electron chi connectivity index (χ1n) is 11.0. The summed E-state index contributed by atoms with van der Waals surface area (Å²) in [6.45, 7) is 6.82. The molecule has 2 aromatic carbocycles. The Labute approximate surface area is 194 Å². The molecule has 4 rings (SSSR count). The van der Waals surface area contributed by atoms with Crippen LogP contribution in [-0.2, 0) is 12.8 Å². The Morgan fingerprint density at radius 1 is 1.00 bits per heavy atom. The second-order valence-electron chi connectivity index (χ2n) is 7.95. The van der Waals surface area contributed by atoms with E-state index in [2.05, 4.69) is 29.3 Å². The van der Waals surface area contributed by atoms with E-state index >= 15 is 0 Å². The lowest BCUT2D eigenvalue weighted by molar-refractivity contribution is 0.208. The average molecular weight is 450 g/mol. The van der Waals surface area contributed by atoms with Gasteiger partial charge in [-0.15, -0.1) is 0 Å². The number of aromatic nitrogens is 2. The van der Waals surface area contributed by atoms with E-state index < -0.39 is 0 Å². The number of carbonyl (C=O) groups excluding carboxylic acids is 1. The largest absolute Gasteiger partial charge is 0.353 e. The molecule has 1 aliphatic heterocycles. The number of nitrogens with one attached hydrogen (secondary N) is 1. The van der Waals surface area contributed by atoms with E-state index in [1.165, 1.54) is 5.56 Å². The lowest BCUT2D eigenvalue weighted by Crippen LogP contribution is -2.50. The highest BCUT2D eigenvalue weighted by Crippen LogP contribution is 2.26. The summed E-state index contributed by atoms with van der Waals surface area (Å²) in [5.74, 6) is 1.76. The summed E-state index contributed by atoms with van der Waals surface area (Å²) < 4.78 is 0. The number of hydrogen-bond donors (Lipinski definition) is 1. The topological polar surface area (TPSA) is 61.4 Å². The fraction of sp³-hybridized carbons (Fsp3) is 0.320. The highest BCUT2D eigenvalue weighted by Gasteiger charge is 2.25. The normalized spacial score (nSPS) is 13.8. The van der Waals surface area contributed by atoms with Gasteiger partial charge in [-0.3, -0.25) is 0 Å². The number of benzene rings is 2. The Hall–Kier alpha value is -3.12. The molecule has 7 heteroatoms. The van der Waals surface area contributed by atoms with Crippen LogP contribution in [0.5, 0.6) is 0 Å². The summed E-state index contributed by atoms with van der Waals surface area (Å²) in [6.07, 6.45) is 1.60. The van der Waals surface area contributed by atoms with Gasteiger partial charge in [0.2, 0.25) is 0 Å². The fourth-order valence-electron chi connectivity index (χ4n) is 4.02. The van der Waals surface area contributed by atoms with E-state index in [-0.39, 0.29) is 6.03 Å². The molecule has 32 heavy (non-hydrogen) atoms. The van der Waals surface area contributed by atoms with Crippen molar-refractivity contribution in [2.24, 2.45) is 0 Å². The molecule has 0 unspecified atom stereocenters. The van der Waals surface area contributed by atoms with Crippen LogP contribution < -0.4 is 10.2 Å². The van der Waals surface area contributed by atoms with Crippen molar-refractivity contribution in [1.29, 1.82) is 0 Å². The van der Waals surface area contributed by atoms with E-state index in [4.69, 9.17) is 21.6 Å². The van der Waals surface area contributed by atoms with Crippen molar-refractivity contribution in [3.8, 4) is 0 Å². The van der Waals surface area contributed by atoms with Crippen molar-refractivity contribution in [2.75, 3.05) is 36.4 Å². The van der Waals surface area contributed by atoms with Crippen LogP contribution in [0, 0.1) is 6.92 Å². The van der Waals surface area contributed by atoms with Crippen molar-refractivity contribution >= 4 is 29.1 Å². The highest BCUT2D eigenvalue weighted by molar-refractivity contribution is 6.30. The van der Waals surface area contributed by atoms with Gasteiger partial charge in [0.05, 0.1) is 0 Å². The van der Waals surface area contributed by atoms with Gasteiger partial charge in [0.1, 0.15) is 11.6 Å². The molecule has 166 valence electrons. The van der Waals surface area contributed by atoms with E-state index in [1.54, 1.807) is 0 Å². The smallest absolute Gasteiger partial charge is 0.321 e. The van der Waals surface area contributed by atoms with Gasteiger partial charge in [0.25, 0.3) is 0 Å². The number of anilines is 2. The van der Waals surface area contributed by atoms with Gasteiger partial charge in [0, 0.05) is 54.6 Å². The molecule has 1 saturated heterocycles. The van der Waals surface area contributed by atoms with Crippen molar-refractivity contribution in [3.05, 3.63) is 82.3 Å². The zero-order valence-corrected chi connectivity index (χ0v) is 19.3. The monoisotopic (exact) mass is 449 g/mol. The maximum absolute atomic E-state index is 12.7. The molecular weight excluding hydrogens is 422 g/mol. The first kappa shape index (κ1) is 22.1. The zero-order valence-electron chi connectivity index (χ0n) is 18.5. The van der Waals surface area contributed by atoms with Gasteiger partial charge in [-0.1, -0.05) is 48.9 Å². The summed E-state index contributed by atoms with van der Waals surface area (Å²) in [7, 11) is 0. The molecule has 0 radical (unpaired) electrons. The lowest BCUT2D eigenvalue weighted by Gasteiger charge is -2.36. The van der Waals surface area contributed by atoms with Crippen LogP contribution >= 0.6 is 11.6 Å². The molecule has 0 spiro atoms. The summed E-state index contributed by atoms with van der Waals surface area (Å²) in [5, 5.41) is 3.71. The van der Waals surface area contributed by atoms with E-state index in [9.17, 15) is 4.79 Å². The maximum Gasteiger partial charge on any atom is 0.321 e. The molecular formula is C25H28ClN5O. The van der Waals surface area contributed by atoms with Crippen LogP contribution in [-0.4, -0.2) is 47.1 Å². The number of para-hydroxylation sites is 1. The summed E-state index contributed by atoms with van der Waals surface area (Å²) >= 11 is 6.07. The zero-order chi connectivity index (χ0) is 22.5. The number of carbonyl (C=O) groups is 1. The molecule has 1 aliphatic rings. The second-order valence-corrected chi connectivity index (χ2v) is 8.38. The van der Waals surface area contributed by atoms with E-state index in [1.807, 2.05) is 54.3 Å². The summed E-state index contributed by atoms with van der Waals surface area (Å²) in [6, 6.07) is 17.4. The number of halogens is 1. The summed E-state index contributed by atoms with van der Waals surface area (Å²) in [5.41, 5.74) is 4.22. The molecule has 6 nitrogen and oxygen atoms in total. The molecule has 2 amide bonds. The van der Waals surface area contributed by atoms with Crippen LogP contribution in [0.1, 0.15) is 29.6 Å². The third-order valence-corrected chi connectivity index (χ3v) is 5.96. The van der Waals surface area contributed by atoms with Gasteiger partial charge in [-0.25, -0.2) is 14.8 Å². The third-order valence-electron chi connectivity index (χ3n) is 5.70. The van der Waals surface area contributed by atoms with E-state index in [0.29, 0.717) is 13.1 Å². The van der Waals surface area contributed by atoms with Gasteiger partial charge < -0.3 is 15.1 Å². The minimum absolute atomic E-state index is 0.0645. The predicted octanol–water partition coefficient (Wildman–Crippen LogP) is 4.95. The van der Waals surface area contributed by atoms with Gasteiger partial charge in [0.15, 0.2) is 0 Å². The Bertz CT molecular complexity index is 1060. The molecule has 0 bridgehead atoms. The number of nitrogens with zero attached hydrogens (tertiary/aromatic N) is 4. The number of aryl methyl sites for hydroxylation is 2. The fourth-order valence-corrected chi connectivity index (χ4v) is 4.15. The van der Waals surface area contributed by atoms with Gasteiger partial charge in [-0.05, 0) is 43.2 Å². The quantitative estimate of drug-likeness (QED) is 0.599. The Balaban J connectivity index is 1.50. The average Bonchev–Trinajstić information content (AvgIpc) is 2.82. The molecule has 3 aromatic rings. The van der Waals surface area contributed by atoms with Crippen LogP contribution in [0.15, 0.2) is 54.6 Å². The molecule has 1 N–H and O–H groups in total. The van der Waals surface area contributed by atoms with E-state index in [0.717, 1.165) is 59.5 Å². The second kappa shape index (κ2) is 10.0. The van der Waals surface area contributed by atoms with Crippen LogP contribution in [0.3, 0.4) is 0 Å². The molecule has 1 fully saturated rings. The number of hydrogen-bond acceptors (Lipinski definition) is 4. The van der Waals surface area contributed by atoms with Gasteiger partial charge in [-0.2, -0.15) is 0 Å². The first-order chi connectivity index (χ1) is 15.5. The van der Waals surface area contributed by atoms with Crippen LogP contribution in [0.2, 0.25) is 5.02 Å². The van der Waals surface area contributed by atoms with Crippen LogP contribution in [0.25, 0.3) is 0 Å². The first-order valence-corrected chi connectivity index (χ1v) is 11.4. The van der Waals surface area contributed by atoms with Crippen molar-refractivity contribution in [1.82, 2.24) is 14.9 Å². The summed E-state index contributed by atoms with van der Waals surface area (Å²) in [4.78, 5) is 26.3. The highest BCUT2D eigenvalue weighted by atomic mass is 35.5. The number of rotatable bonds is 5. The predicted molar refractivity (Wildman–Crippen MR) is 130 cm³/mol. The Kier molecular flexibility index (Phi) is 6.90. The Morgan fingerprint density at radius 3 is 2.34 bits per heavy atom. The minimum Gasteiger partial charge on any atom is -0.353 e.